The Balaban J connectivity index is 2.04. The average molecular weight is 521 g/mol. The fraction of sp³-hybridized carbons (Fsp3) is 0.167. The molecule has 0 aliphatic rings. The van der Waals surface area contributed by atoms with E-state index in [0.29, 0.717) is 3.57 Å². The van der Waals surface area contributed by atoms with E-state index >= 15 is 0 Å². The second kappa shape index (κ2) is 7.74. The predicted octanol–water partition coefficient (Wildman–Crippen LogP) is 4.14. The summed E-state index contributed by atoms with van der Waals surface area (Å²) in [4.78, 5) is -0.0915. The van der Waals surface area contributed by atoms with E-state index in [4.69, 9.17) is 0 Å². The Labute approximate surface area is 173 Å². The normalized spacial score (nSPS) is 11.6. The quantitative estimate of drug-likeness (QED) is 0.514. The van der Waals surface area contributed by atoms with Crippen molar-refractivity contribution in [1.82, 2.24) is 9.78 Å². The minimum Gasteiger partial charge on any atom is -0.279 e. The highest BCUT2D eigenvalue weighted by Crippen LogP contribution is 2.28. The fourth-order valence-electron chi connectivity index (χ4n) is 2.76. The number of sulfonamides is 1. The van der Waals surface area contributed by atoms with Gasteiger partial charge in [-0.3, -0.25) is 9.40 Å². The van der Waals surface area contributed by atoms with Gasteiger partial charge in [0.05, 0.1) is 11.4 Å². The van der Waals surface area contributed by atoms with Crippen LogP contribution in [0.4, 0.5) is 18.9 Å². The van der Waals surface area contributed by atoms with E-state index in [1.165, 1.54) is 29.9 Å². The van der Waals surface area contributed by atoms with E-state index in [1.807, 2.05) is 22.6 Å². The first-order chi connectivity index (χ1) is 13.1. The van der Waals surface area contributed by atoms with Gasteiger partial charge in [-0.05, 0) is 59.3 Å². The molecule has 0 saturated carbocycles. The van der Waals surface area contributed by atoms with Gasteiger partial charge in [-0.25, -0.2) is 21.6 Å². The van der Waals surface area contributed by atoms with E-state index in [0.717, 1.165) is 12.1 Å². The smallest absolute Gasteiger partial charge is 0.265 e. The van der Waals surface area contributed by atoms with Gasteiger partial charge in [-0.2, -0.15) is 5.10 Å². The van der Waals surface area contributed by atoms with Gasteiger partial charge in [0, 0.05) is 28.8 Å². The summed E-state index contributed by atoms with van der Waals surface area (Å²) in [6.45, 7) is 1.52. The maximum Gasteiger partial charge on any atom is 0.265 e. The van der Waals surface area contributed by atoms with Crippen molar-refractivity contribution in [2.24, 2.45) is 7.05 Å². The highest BCUT2D eigenvalue weighted by Gasteiger charge is 2.24. The van der Waals surface area contributed by atoms with E-state index in [-0.39, 0.29) is 33.8 Å². The second-order valence-electron chi connectivity index (χ2n) is 6.16. The van der Waals surface area contributed by atoms with E-state index in [1.54, 1.807) is 13.1 Å². The highest BCUT2D eigenvalue weighted by atomic mass is 127. The summed E-state index contributed by atoms with van der Waals surface area (Å²) in [5.74, 6) is -2.98. The standard InChI is InChI=1S/C18H15F3IN3O2S/c1-10-17(9-25(2)23-10)28(26,27)24-16-6-5-14(19)18(21)13(16)7-11-3-4-12(22)8-15(11)20/h3-6,8-9,24H,7H2,1-2H3. The summed E-state index contributed by atoms with van der Waals surface area (Å²) < 4.78 is 72.1. The Bertz CT molecular complexity index is 1160. The molecular weight excluding hydrogens is 506 g/mol. The number of aromatic nitrogens is 2. The Morgan fingerprint density at radius 3 is 2.46 bits per heavy atom. The first-order valence-electron chi connectivity index (χ1n) is 8.02. The molecule has 1 aromatic heterocycles. The molecule has 0 saturated heterocycles. The van der Waals surface area contributed by atoms with Crippen molar-refractivity contribution in [2.75, 3.05) is 4.72 Å². The molecule has 2 aromatic carbocycles. The number of nitrogens with zero attached hydrogens (tertiary/aromatic N) is 2. The zero-order valence-corrected chi connectivity index (χ0v) is 17.8. The number of rotatable bonds is 5. The Morgan fingerprint density at radius 1 is 1.14 bits per heavy atom. The third-order valence-electron chi connectivity index (χ3n) is 4.08. The van der Waals surface area contributed by atoms with Crippen molar-refractivity contribution in [3.05, 3.63) is 74.4 Å². The van der Waals surface area contributed by atoms with Gasteiger partial charge >= 0.3 is 0 Å². The van der Waals surface area contributed by atoms with Gasteiger partial charge in [0.25, 0.3) is 10.0 Å². The largest absolute Gasteiger partial charge is 0.279 e. The topological polar surface area (TPSA) is 64.0 Å². The van der Waals surface area contributed by atoms with Crippen molar-refractivity contribution in [3.63, 3.8) is 0 Å². The molecule has 0 atom stereocenters. The summed E-state index contributed by atoms with van der Waals surface area (Å²) in [5.41, 5.74) is -0.0870. The molecule has 1 heterocycles. The van der Waals surface area contributed by atoms with Crippen molar-refractivity contribution < 1.29 is 21.6 Å². The summed E-state index contributed by atoms with van der Waals surface area (Å²) in [6, 6.07) is 6.26. The van der Waals surface area contributed by atoms with Crippen LogP contribution in [0.2, 0.25) is 0 Å². The molecule has 0 spiro atoms. The monoisotopic (exact) mass is 521 g/mol. The van der Waals surface area contributed by atoms with Gasteiger partial charge < -0.3 is 0 Å². The Morgan fingerprint density at radius 2 is 1.86 bits per heavy atom. The first-order valence-corrected chi connectivity index (χ1v) is 10.6. The van der Waals surface area contributed by atoms with Crippen LogP contribution in [0.5, 0.6) is 0 Å². The van der Waals surface area contributed by atoms with E-state index < -0.39 is 27.5 Å². The molecule has 0 unspecified atom stereocenters. The van der Waals surface area contributed by atoms with Gasteiger partial charge in [-0.1, -0.05) is 6.07 Å². The first kappa shape index (κ1) is 20.6. The van der Waals surface area contributed by atoms with Crippen LogP contribution in [0.25, 0.3) is 0 Å². The molecule has 0 aliphatic carbocycles. The summed E-state index contributed by atoms with van der Waals surface area (Å²) in [7, 11) is -2.54. The second-order valence-corrected chi connectivity index (χ2v) is 9.05. The van der Waals surface area contributed by atoms with Gasteiger partial charge in [-0.15, -0.1) is 0 Å². The van der Waals surface area contributed by atoms with Crippen LogP contribution in [-0.4, -0.2) is 18.2 Å². The number of anilines is 1. The minimum absolute atomic E-state index is 0.0915. The summed E-state index contributed by atoms with van der Waals surface area (Å²) in [5, 5.41) is 3.97. The number of benzene rings is 2. The van der Waals surface area contributed by atoms with Crippen LogP contribution < -0.4 is 4.72 Å². The Kier molecular flexibility index (Phi) is 5.71. The average Bonchev–Trinajstić information content (AvgIpc) is 2.95. The van der Waals surface area contributed by atoms with Crippen LogP contribution >= 0.6 is 22.6 Å². The van der Waals surface area contributed by atoms with Crippen LogP contribution in [0.3, 0.4) is 0 Å². The summed E-state index contributed by atoms with van der Waals surface area (Å²) >= 11 is 1.93. The molecule has 148 valence electrons. The van der Waals surface area contributed by atoms with Crippen molar-refractivity contribution in [2.45, 2.75) is 18.2 Å². The molecule has 3 rings (SSSR count). The molecule has 28 heavy (non-hydrogen) atoms. The molecule has 0 fully saturated rings. The van der Waals surface area contributed by atoms with Crippen molar-refractivity contribution >= 4 is 38.3 Å². The lowest BCUT2D eigenvalue weighted by Gasteiger charge is -2.14. The van der Waals surface area contributed by atoms with Crippen LogP contribution in [-0.2, 0) is 23.5 Å². The van der Waals surface area contributed by atoms with Crippen molar-refractivity contribution in [1.29, 1.82) is 0 Å². The lowest BCUT2D eigenvalue weighted by Crippen LogP contribution is -2.16. The van der Waals surface area contributed by atoms with Gasteiger partial charge in [0.1, 0.15) is 10.7 Å². The summed E-state index contributed by atoms with van der Waals surface area (Å²) in [6.07, 6.45) is 0.978. The lowest BCUT2D eigenvalue weighted by molar-refractivity contribution is 0.500. The van der Waals surface area contributed by atoms with Crippen LogP contribution in [0, 0.1) is 27.9 Å². The molecule has 5 nitrogen and oxygen atoms in total. The molecule has 0 bridgehead atoms. The predicted molar refractivity (Wildman–Crippen MR) is 107 cm³/mol. The SMILES string of the molecule is Cc1nn(C)cc1S(=O)(=O)Nc1ccc(F)c(F)c1Cc1ccc(I)cc1F. The number of nitrogens with one attached hydrogen (secondary N) is 1. The number of hydrogen-bond donors (Lipinski definition) is 1. The molecular formula is C18H15F3IN3O2S. The third-order valence-corrected chi connectivity index (χ3v) is 6.22. The zero-order valence-electron chi connectivity index (χ0n) is 14.8. The molecule has 0 amide bonds. The molecule has 0 radical (unpaired) electrons. The number of hydrogen-bond acceptors (Lipinski definition) is 3. The number of aryl methyl sites for hydroxylation is 2. The van der Waals surface area contributed by atoms with Crippen LogP contribution in [0.15, 0.2) is 41.4 Å². The fourth-order valence-corrected chi connectivity index (χ4v) is 4.52. The Hall–Kier alpha value is -2.08. The maximum atomic E-state index is 14.5. The minimum atomic E-state index is -4.10. The molecule has 1 N–H and O–H groups in total. The number of halogens is 4. The van der Waals surface area contributed by atoms with Crippen molar-refractivity contribution in [3.8, 4) is 0 Å². The maximum absolute atomic E-state index is 14.5. The van der Waals surface area contributed by atoms with Crippen LogP contribution in [0.1, 0.15) is 16.8 Å². The van der Waals surface area contributed by atoms with Gasteiger partial charge in [0.2, 0.25) is 0 Å². The molecule has 10 heteroatoms. The molecule has 3 aromatic rings. The highest BCUT2D eigenvalue weighted by molar-refractivity contribution is 14.1. The third kappa shape index (κ3) is 4.17. The molecule has 0 aliphatic heterocycles. The van der Waals surface area contributed by atoms with E-state index in [2.05, 4.69) is 9.82 Å². The van der Waals surface area contributed by atoms with Gasteiger partial charge in [0.15, 0.2) is 11.6 Å². The zero-order chi connectivity index (χ0) is 20.6. The lowest BCUT2D eigenvalue weighted by atomic mass is 10.0. The van der Waals surface area contributed by atoms with E-state index in [9.17, 15) is 21.6 Å².